The molecular formula is C14H13Cl2N5O2. The van der Waals surface area contributed by atoms with Gasteiger partial charge in [-0.15, -0.1) is 5.10 Å². The fourth-order valence-corrected chi connectivity index (χ4v) is 2.51. The van der Waals surface area contributed by atoms with Gasteiger partial charge >= 0.3 is 0 Å². The third-order valence-electron chi connectivity index (χ3n) is 3.19. The molecule has 120 valence electrons. The number of nitrogens with one attached hydrogen (secondary N) is 2. The fraction of sp³-hybridized carbons (Fsp3) is 0.286. The lowest BCUT2D eigenvalue weighted by atomic mass is 10.3. The summed E-state index contributed by atoms with van der Waals surface area (Å²) in [5.41, 5.74) is 0.495. The molecular weight excluding hydrogens is 341 g/mol. The first kappa shape index (κ1) is 15.8. The Bertz CT molecular complexity index is 737. The lowest BCUT2D eigenvalue weighted by Gasteiger charge is -2.06. The van der Waals surface area contributed by atoms with Crippen LogP contribution in [0.4, 0.5) is 11.5 Å². The Balaban J connectivity index is 1.57. The standard InChI is InChI=1S/C14H13Cl2N5O2/c15-9-3-10(16)5-11(4-9)17-13(22)7-21-6-12(19-20-21)18-14(23)8-1-2-8/h3-6,8H,1-2,7H2,(H,17,22)(H,18,23). The molecule has 2 aromatic rings. The summed E-state index contributed by atoms with van der Waals surface area (Å²) in [6.07, 6.45) is 3.32. The topological polar surface area (TPSA) is 88.9 Å². The van der Waals surface area contributed by atoms with E-state index in [1.54, 1.807) is 18.2 Å². The summed E-state index contributed by atoms with van der Waals surface area (Å²) in [4.78, 5) is 23.6. The van der Waals surface area contributed by atoms with Gasteiger partial charge in [-0.3, -0.25) is 9.59 Å². The Morgan fingerprint density at radius 3 is 2.52 bits per heavy atom. The first-order valence-corrected chi connectivity index (χ1v) is 7.72. The molecule has 1 aliphatic rings. The highest BCUT2D eigenvalue weighted by Crippen LogP contribution is 2.29. The van der Waals surface area contributed by atoms with Crippen LogP contribution in [0.2, 0.25) is 10.0 Å². The van der Waals surface area contributed by atoms with Crippen LogP contribution in [0, 0.1) is 5.92 Å². The van der Waals surface area contributed by atoms with E-state index >= 15 is 0 Å². The maximum absolute atomic E-state index is 12.0. The summed E-state index contributed by atoms with van der Waals surface area (Å²) < 4.78 is 1.34. The molecule has 0 unspecified atom stereocenters. The van der Waals surface area contributed by atoms with Crippen LogP contribution >= 0.6 is 23.2 Å². The summed E-state index contributed by atoms with van der Waals surface area (Å²) in [5.74, 6) is 0.0416. The molecule has 1 aromatic carbocycles. The Morgan fingerprint density at radius 1 is 1.17 bits per heavy atom. The van der Waals surface area contributed by atoms with E-state index < -0.39 is 0 Å². The number of carbonyl (C=O) groups is 2. The van der Waals surface area contributed by atoms with E-state index in [1.165, 1.54) is 10.9 Å². The summed E-state index contributed by atoms with van der Waals surface area (Å²) in [6.45, 7) is -0.0452. The maximum Gasteiger partial charge on any atom is 0.246 e. The van der Waals surface area contributed by atoms with Gasteiger partial charge in [-0.05, 0) is 31.0 Å². The molecule has 2 amide bonds. The molecule has 1 saturated carbocycles. The van der Waals surface area contributed by atoms with Crippen molar-refractivity contribution in [2.75, 3.05) is 10.6 Å². The van der Waals surface area contributed by atoms with Crippen LogP contribution in [0.5, 0.6) is 0 Å². The average Bonchev–Trinajstić information content (AvgIpc) is 3.21. The zero-order chi connectivity index (χ0) is 16.4. The van der Waals surface area contributed by atoms with Crippen molar-refractivity contribution >= 4 is 46.5 Å². The first-order chi connectivity index (χ1) is 11.0. The number of anilines is 2. The largest absolute Gasteiger partial charge is 0.324 e. The third kappa shape index (κ3) is 4.43. The van der Waals surface area contributed by atoms with Crippen molar-refractivity contribution < 1.29 is 9.59 Å². The van der Waals surface area contributed by atoms with Crippen LogP contribution in [-0.4, -0.2) is 26.8 Å². The number of nitrogens with zero attached hydrogens (tertiary/aromatic N) is 3. The van der Waals surface area contributed by atoms with Gasteiger partial charge in [0.2, 0.25) is 11.8 Å². The van der Waals surface area contributed by atoms with Crippen LogP contribution in [0.15, 0.2) is 24.4 Å². The van der Waals surface area contributed by atoms with E-state index in [4.69, 9.17) is 23.2 Å². The minimum absolute atomic E-state index is 0.0452. The molecule has 1 aromatic heterocycles. The molecule has 0 atom stereocenters. The van der Waals surface area contributed by atoms with E-state index in [-0.39, 0.29) is 24.3 Å². The lowest BCUT2D eigenvalue weighted by Crippen LogP contribution is -2.19. The maximum atomic E-state index is 12.0. The van der Waals surface area contributed by atoms with Crippen molar-refractivity contribution in [1.82, 2.24) is 15.0 Å². The van der Waals surface area contributed by atoms with Gasteiger partial charge in [-0.1, -0.05) is 28.4 Å². The summed E-state index contributed by atoms with van der Waals surface area (Å²) in [7, 11) is 0. The van der Waals surface area contributed by atoms with Crippen molar-refractivity contribution in [3.8, 4) is 0 Å². The predicted molar refractivity (Wildman–Crippen MR) is 86.5 cm³/mol. The van der Waals surface area contributed by atoms with Crippen molar-refractivity contribution in [3.05, 3.63) is 34.4 Å². The van der Waals surface area contributed by atoms with Crippen molar-refractivity contribution in [2.45, 2.75) is 19.4 Å². The number of carbonyl (C=O) groups excluding carboxylic acids is 2. The lowest BCUT2D eigenvalue weighted by molar-refractivity contribution is -0.117. The summed E-state index contributed by atoms with van der Waals surface area (Å²) in [6, 6.07) is 4.76. The van der Waals surface area contributed by atoms with Gasteiger partial charge in [-0.2, -0.15) is 0 Å². The molecule has 0 spiro atoms. The molecule has 0 bridgehead atoms. The van der Waals surface area contributed by atoms with Crippen LogP contribution in [0.1, 0.15) is 12.8 Å². The van der Waals surface area contributed by atoms with Crippen LogP contribution in [0.3, 0.4) is 0 Å². The zero-order valence-electron chi connectivity index (χ0n) is 11.9. The average molecular weight is 354 g/mol. The first-order valence-electron chi connectivity index (χ1n) is 6.96. The minimum Gasteiger partial charge on any atom is -0.324 e. The molecule has 0 saturated heterocycles. The van der Waals surface area contributed by atoms with Gasteiger partial charge in [0.15, 0.2) is 5.82 Å². The molecule has 9 heteroatoms. The Morgan fingerprint density at radius 2 is 1.87 bits per heavy atom. The highest BCUT2D eigenvalue weighted by molar-refractivity contribution is 6.35. The monoisotopic (exact) mass is 353 g/mol. The predicted octanol–water partition coefficient (Wildman–Crippen LogP) is 2.57. The van der Waals surface area contributed by atoms with Gasteiger partial charge in [0.1, 0.15) is 6.54 Å². The van der Waals surface area contributed by atoms with Crippen LogP contribution < -0.4 is 10.6 Å². The van der Waals surface area contributed by atoms with Crippen molar-refractivity contribution in [3.63, 3.8) is 0 Å². The number of halogens is 2. The quantitative estimate of drug-likeness (QED) is 0.864. The smallest absolute Gasteiger partial charge is 0.246 e. The number of hydrogen-bond acceptors (Lipinski definition) is 4. The Labute approximate surface area is 141 Å². The number of hydrogen-bond donors (Lipinski definition) is 2. The van der Waals surface area contributed by atoms with E-state index in [2.05, 4.69) is 20.9 Å². The molecule has 2 N–H and O–H groups in total. The van der Waals surface area contributed by atoms with Gasteiger partial charge in [-0.25, -0.2) is 4.68 Å². The summed E-state index contributed by atoms with van der Waals surface area (Å²) >= 11 is 11.7. The molecule has 3 rings (SSSR count). The van der Waals surface area contributed by atoms with Gasteiger partial charge in [0.25, 0.3) is 0 Å². The number of aromatic nitrogens is 3. The summed E-state index contributed by atoms with van der Waals surface area (Å²) in [5, 5.41) is 13.8. The Kier molecular flexibility index (Phi) is 4.49. The third-order valence-corrected chi connectivity index (χ3v) is 3.63. The van der Waals surface area contributed by atoms with Gasteiger partial charge in [0.05, 0.1) is 6.20 Å². The van der Waals surface area contributed by atoms with Crippen molar-refractivity contribution in [1.29, 1.82) is 0 Å². The van der Waals surface area contributed by atoms with Crippen molar-refractivity contribution in [2.24, 2.45) is 5.92 Å². The molecule has 1 aliphatic carbocycles. The molecule has 23 heavy (non-hydrogen) atoms. The van der Waals surface area contributed by atoms with Gasteiger partial charge < -0.3 is 10.6 Å². The number of amides is 2. The van der Waals surface area contributed by atoms with E-state index in [1.807, 2.05) is 0 Å². The molecule has 7 nitrogen and oxygen atoms in total. The number of benzene rings is 1. The molecule has 1 heterocycles. The SMILES string of the molecule is O=C(Cn1cc(NC(=O)C2CC2)nn1)Nc1cc(Cl)cc(Cl)c1. The molecule has 0 radical (unpaired) electrons. The fourth-order valence-electron chi connectivity index (χ4n) is 1.98. The molecule has 1 fully saturated rings. The highest BCUT2D eigenvalue weighted by atomic mass is 35.5. The normalized spacial score (nSPS) is 13.7. The molecule has 0 aliphatic heterocycles. The second-order valence-electron chi connectivity index (χ2n) is 5.27. The minimum atomic E-state index is -0.312. The van der Waals surface area contributed by atoms with E-state index in [9.17, 15) is 9.59 Å². The van der Waals surface area contributed by atoms with Crippen LogP contribution in [-0.2, 0) is 16.1 Å². The van der Waals surface area contributed by atoms with E-state index in [0.29, 0.717) is 21.6 Å². The van der Waals surface area contributed by atoms with E-state index in [0.717, 1.165) is 12.8 Å². The van der Waals surface area contributed by atoms with Crippen LogP contribution in [0.25, 0.3) is 0 Å². The van der Waals surface area contributed by atoms with Gasteiger partial charge in [0, 0.05) is 21.7 Å². The second-order valence-corrected chi connectivity index (χ2v) is 6.14. The highest BCUT2D eigenvalue weighted by Gasteiger charge is 2.30. The Hall–Kier alpha value is -2.12. The second kappa shape index (κ2) is 6.55. The zero-order valence-corrected chi connectivity index (χ0v) is 13.4. The number of rotatable bonds is 5.